The molecular formula is C21H21N3O3S. The van der Waals surface area contributed by atoms with Gasteiger partial charge in [-0.2, -0.15) is 0 Å². The summed E-state index contributed by atoms with van der Waals surface area (Å²) in [7, 11) is -3.57. The van der Waals surface area contributed by atoms with Crippen molar-refractivity contribution in [1.82, 2.24) is 4.98 Å². The number of anilines is 2. The molecule has 3 aromatic rings. The average Bonchev–Trinajstić information content (AvgIpc) is 3.11. The van der Waals surface area contributed by atoms with Crippen LogP contribution in [0.1, 0.15) is 12.0 Å². The van der Waals surface area contributed by atoms with Gasteiger partial charge in [0.25, 0.3) is 0 Å². The normalized spacial score (nSPS) is 13.5. The lowest BCUT2D eigenvalue weighted by molar-refractivity contribution is -0.118. The van der Waals surface area contributed by atoms with E-state index >= 15 is 0 Å². The SMILES string of the molecule is CS(=O)(=O)N(CCC(=O)N1CCc2ccccc21)c1cccc2cccnc12. The second-order valence-electron chi connectivity index (χ2n) is 6.86. The van der Waals surface area contributed by atoms with Gasteiger partial charge in [-0.3, -0.25) is 14.1 Å². The lowest BCUT2D eigenvalue weighted by Crippen LogP contribution is -2.36. The molecule has 0 aliphatic carbocycles. The Bertz CT molecular complexity index is 1140. The molecule has 1 amide bonds. The van der Waals surface area contributed by atoms with Crippen molar-refractivity contribution in [2.75, 3.05) is 28.6 Å². The Balaban J connectivity index is 1.60. The molecule has 0 fully saturated rings. The van der Waals surface area contributed by atoms with Crippen molar-refractivity contribution in [2.45, 2.75) is 12.8 Å². The van der Waals surface area contributed by atoms with Gasteiger partial charge in [-0.05, 0) is 30.2 Å². The van der Waals surface area contributed by atoms with Crippen LogP contribution in [0, 0.1) is 0 Å². The second kappa shape index (κ2) is 7.24. The Morgan fingerprint density at radius 2 is 1.89 bits per heavy atom. The third-order valence-electron chi connectivity index (χ3n) is 5.00. The Morgan fingerprint density at radius 3 is 2.71 bits per heavy atom. The molecule has 144 valence electrons. The Hall–Kier alpha value is -2.93. The number of hydrogen-bond donors (Lipinski definition) is 0. The van der Waals surface area contributed by atoms with Crippen LogP contribution in [0.4, 0.5) is 11.4 Å². The lowest BCUT2D eigenvalue weighted by Gasteiger charge is -2.24. The first-order chi connectivity index (χ1) is 13.4. The Labute approximate surface area is 164 Å². The molecule has 28 heavy (non-hydrogen) atoms. The van der Waals surface area contributed by atoms with Gasteiger partial charge in [0.15, 0.2) is 0 Å². The quantitative estimate of drug-likeness (QED) is 0.666. The standard InChI is InChI=1S/C21H21N3O3S/c1-28(26,27)24(19-10-4-7-17-8-5-13-22-21(17)19)15-12-20(25)23-14-11-16-6-2-3-9-18(16)23/h2-10,13H,11-12,14-15H2,1H3. The highest BCUT2D eigenvalue weighted by Crippen LogP contribution is 2.29. The van der Waals surface area contributed by atoms with Crippen LogP contribution < -0.4 is 9.21 Å². The molecular weight excluding hydrogens is 374 g/mol. The fourth-order valence-electron chi connectivity index (χ4n) is 3.68. The highest BCUT2D eigenvalue weighted by molar-refractivity contribution is 7.92. The van der Waals surface area contributed by atoms with E-state index in [4.69, 9.17) is 0 Å². The number of rotatable bonds is 5. The van der Waals surface area contributed by atoms with Crippen molar-refractivity contribution in [3.8, 4) is 0 Å². The number of hydrogen-bond acceptors (Lipinski definition) is 4. The summed E-state index contributed by atoms with van der Waals surface area (Å²) in [5.74, 6) is -0.0770. The van der Waals surface area contributed by atoms with Gasteiger partial charge < -0.3 is 4.90 Å². The third kappa shape index (κ3) is 3.45. The molecule has 1 aliphatic heterocycles. The van der Waals surface area contributed by atoms with Crippen molar-refractivity contribution in [3.63, 3.8) is 0 Å². The van der Waals surface area contributed by atoms with Crippen LogP contribution in [0.2, 0.25) is 0 Å². The zero-order chi connectivity index (χ0) is 19.7. The topological polar surface area (TPSA) is 70.6 Å². The van der Waals surface area contributed by atoms with E-state index in [0.717, 1.165) is 29.3 Å². The van der Waals surface area contributed by atoms with E-state index in [9.17, 15) is 13.2 Å². The van der Waals surface area contributed by atoms with Crippen LogP contribution >= 0.6 is 0 Å². The number of carbonyl (C=O) groups excluding carboxylic acids is 1. The summed E-state index contributed by atoms with van der Waals surface area (Å²) in [6, 6.07) is 16.9. The molecule has 2 heterocycles. The van der Waals surface area contributed by atoms with Crippen molar-refractivity contribution < 1.29 is 13.2 Å². The van der Waals surface area contributed by atoms with E-state index in [1.165, 1.54) is 4.31 Å². The summed E-state index contributed by atoms with van der Waals surface area (Å²) in [6.45, 7) is 0.707. The van der Waals surface area contributed by atoms with Crippen molar-refractivity contribution in [2.24, 2.45) is 0 Å². The maximum absolute atomic E-state index is 12.8. The molecule has 2 aromatic carbocycles. The minimum Gasteiger partial charge on any atom is -0.312 e. The van der Waals surface area contributed by atoms with Crippen LogP contribution in [0.15, 0.2) is 60.8 Å². The number of benzene rings is 2. The van der Waals surface area contributed by atoms with Gasteiger partial charge in [0.05, 0.1) is 17.5 Å². The van der Waals surface area contributed by atoms with E-state index in [1.54, 1.807) is 23.2 Å². The van der Waals surface area contributed by atoms with Crippen molar-refractivity contribution in [3.05, 3.63) is 66.4 Å². The van der Waals surface area contributed by atoms with Crippen LogP contribution in [0.5, 0.6) is 0 Å². The molecule has 0 saturated heterocycles. The molecule has 0 atom stereocenters. The minimum absolute atomic E-state index is 0.0754. The van der Waals surface area contributed by atoms with Crippen LogP contribution in [0.3, 0.4) is 0 Å². The molecule has 0 unspecified atom stereocenters. The fourth-order valence-corrected chi connectivity index (χ4v) is 4.61. The van der Waals surface area contributed by atoms with Gasteiger partial charge in [-0.1, -0.05) is 36.4 Å². The summed E-state index contributed by atoms with van der Waals surface area (Å²) in [6.07, 6.45) is 3.72. The van der Waals surface area contributed by atoms with Gasteiger partial charge >= 0.3 is 0 Å². The number of pyridine rings is 1. The first-order valence-corrected chi connectivity index (χ1v) is 11.0. The molecule has 0 radical (unpaired) electrons. The molecule has 7 heteroatoms. The molecule has 0 spiro atoms. The molecule has 0 bridgehead atoms. The summed E-state index contributed by atoms with van der Waals surface area (Å²) in [5.41, 5.74) is 3.17. The molecule has 1 aromatic heterocycles. The first-order valence-electron chi connectivity index (χ1n) is 9.15. The zero-order valence-corrected chi connectivity index (χ0v) is 16.4. The van der Waals surface area contributed by atoms with E-state index < -0.39 is 10.0 Å². The number of aromatic nitrogens is 1. The summed E-state index contributed by atoms with van der Waals surface area (Å²) >= 11 is 0. The molecule has 0 saturated carbocycles. The molecule has 4 rings (SSSR count). The lowest BCUT2D eigenvalue weighted by atomic mass is 10.2. The summed E-state index contributed by atoms with van der Waals surface area (Å²) in [5, 5.41) is 0.855. The molecule has 6 nitrogen and oxygen atoms in total. The van der Waals surface area contributed by atoms with Gasteiger partial charge in [0.1, 0.15) is 0 Å². The number of carbonyl (C=O) groups is 1. The number of fused-ring (bicyclic) bond motifs is 2. The first kappa shape index (κ1) is 18.4. The van der Waals surface area contributed by atoms with Gasteiger partial charge in [-0.15, -0.1) is 0 Å². The van der Waals surface area contributed by atoms with E-state index in [2.05, 4.69) is 4.98 Å². The Morgan fingerprint density at radius 1 is 1.11 bits per heavy atom. The van der Waals surface area contributed by atoms with E-state index in [0.29, 0.717) is 17.7 Å². The minimum atomic E-state index is -3.57. The smallest absolute Gasteiger partial charge is 0.232 e. The highest BCUT2D eigenvalue weighted by atomic mass is 32.2. The average molecular weight is 395 g/mol. The molecule has 1 aliphatic rings. The third-order valence-corrected chi connectivity index (χ3v) is 6.18. The van der Waals surface area contributed by atoms with Crippen LogP contribution in [-0.4, -0.2) is 38.7 Å². The van der Waals surface area contributed by atoms with Crippen LogP contribution in [0.25, 0.3) is 10.9 Å². The number of nitrogens with zero attached hydrogens (tertiary/aromatic N) is 3. The van der Waals surface area contributed by atoms with Gasteiger partial charge in [0, 0.05) is 36.8 Å². The Kier molecular flexibility index (Phi) is 4.77. The zero-order valence-electron chi connectivity index (χ0n) is 15.6. The van der Waals surface area contributed by atoms with Gasteiger partial charge in [0.2, 0.25) is 15.9 Å². The fraction of sp³-hybridized carbons (Fsp3) is 0.238. The number of para-hydroxylation sites is 2. The molecule has 0 N–H and O–H groups in total. The van der Waals surface area contributed by atoms with Crippen molar-refractivity contribution >= 4 is 38.2 Å². The predicted octanol–water partition coefficient (Wildman–Crippen LogP) is 2.98. The monoisotopic (exact) mass is 395 g/mol. The number of sulfonamides is 1. The second-order valence-corrected chi connectivity index (χ2v) is 8.77. The van der Waals surface area contributed by atoms with Crippen molar-refractivity contribution in [1.29, 1.82) is 0 Å². The highest BCUT2D eigenvalue weighted by Gasteiger charge is 2.26. The summed E-state index contributed by atoms with van der Waals surface area (Å²) in [4.78, 5) is 18.9. The van der Waals surface area contributed by atoms with Gasteiger partial charge in [-0.25, -0.2) is 8.42 Å². The predicted molar refractivity (Wildman–Crippen MR) is 111 cm³/mol. The maximum Gasteiger partial charge on any atom is 0.232 e. The van der Waals surface area contributed by atoms with Crippen LogP contribution in [-0.2, 0) is 21.2 Å². The summed E-state index contributed by atoms with van der Waals surface area (Å²) < 4.78 is 26.2. The maximum atomic E-state index is 12.8. The van der Waals surface area contributed by atoms with E-state index in [-0.39, 0.29) is 18.9 Å². The van der Waals surface area contributed by atoms with E-state index in [1.807, 2.05) is 42.5 Å². The largest absolute Gasteiger partial charge is 0.312 e. The number of amides is 1.